The minimum absolute atomic E-state index is 0.00680. The first-order valence-electron chi connectivity index (χ1n) is 7.70. The van der Waals surface area contributed by atoms with Crippen LogP contribution in [0.5, 0.6) is 0 Å². The maximum Gasteiger partial charge on any atom is 0.146 e. The van der Waals surface area contributed by atoms with E-state index in [1.165, 1.54) is 24.1 Å². The zero-order valence-electron chi connectivity index (χ0n) is 12.6. The van der Waals surface area contributed by atoms with Crippen molar-refractivity contribution in [1.82, 2.24) is 0 Å². The van der Waals surface area contributed by atoms with E-state index in [1.807, 2.05) is 23.6 Å². The standard InChI is InChI=1S/C18H19FS3/c1-2-3-4-5-8-13-16(19)18(15-10-7-12-21-15)22-17(13)14-9-6-11-20-14/h6-7,9-12H,2-5,8H2,1H3. The first-order chi connectivity index (χ1) is 10.8. The van der Waals surface area contributed by atoms with Gasteiger partial charge in [-0.2, -0.15) is 0 Å². The van der Waals surface area contributed by atoms with E-state index in [0.717, 1.165) is 33.0 Å². The monoisotopic (exact) mass is 350 g/mol. The number of hydrogen-bond donors (Lipinski definition) is 0. The van der Waals surface area contributed by atoms with Gasteiger partial charge in [-0.25, -0.2) is 4.39 Å². The maximum absolute atomic E-state index is 15.0. The molecule has 0 saturated carbocycles. The fourth-order valence-electron chi connectivity index (χ4n) is 2.57. The first-order valence-corrected chi connectivity index (χ1v) is 10.3. The second kappa shape index (κ2) is 7.53. The lowest BCUT2D eigenvalue weighted by atomic mass is 10.1. The van der Waals surface area contributed by atoms with Crippen LogP contribution in [-0.2, 0) is 6.42 Å². The normalized spacial score (nSPS) is 11.2. The van der Waals surface area contributed by atoms with Gasteiger partial charge in [-0.05, 0) is 35.7 Å². The SMILES string of the molecule is CCCCCCc1c(-c2cccs2)sc(-c2cccs2)c1F. The molecule has 0 aliphatic rings. The molecule has 22 heavy (non-hydrogen) atoms. The van der Waals surface area contributed by atoms with Crippen molar-refractivity contribution < 1.29 is 4.39 Å². The third kappa shape index (κ3) is 3.34. The molecule has 3 aromatic rings. The molecule has 0 bridgehead atoms. The van der Waals surface area contributed by atoms with Crippen molar-refractivity contribution in [1.29, 1.82) is 0 Å². The number of rotatable bonds is 7. The van der Waals surface area contributed by atoms with Gasteiger partial charge in [0, 0.05) is 15.3 Å². The van der Waals surface area contributed by atoms with Crippen LogP contribution in [-0.4, -0.2) is 0 Å². The molecule has 0 nitrogen and oxygen atoms in total. The van der Waals surface area contributed by atoms with Crippen LogP contribution in [0.1, 0.15) is 38.2 Å². The molecule has 0 saturated heterocycles. The van der Waals surface area contributed by atoms with E-state index >= 15 is 0 Å². The lowest BCUT2D eigenvalue weighted by Gasteiger charge is -2.02. The highest BCUT2D eigenvalue weighted by atomic mass is 32.1. The molecule has 3 rings (SSSR count). The molecule has 0 spiro atoms. The van der Waals surface area contributed by atoms with Gasteiger partial charge in [0.2, 0.25) is 0 Å². The number of hydrogen-bond acceptors (Lipinski definition) is 3. The number of thiophene rings is 3. The van der Waals surface area contributed by atoms with Gasteiger partial charge in [0.25, 0.3) is 0 Å². The summed E-state index contributed by atoms with van der Waals surface area (Å²) in [7, 11) is 0. The van der Waals surface area contributed by atoms with Gasteiger partial charge in [0.1, 0.15) is 5.82 Å². The quantitative estimate of drug-likeness (QED) is 0.388. The Kier molecular flexibility index (Phi) is 5.45. The van der Waals surface area contributed by atoms with Crippen molar-refractivity contribution in [3.63, 3.8) is 0 Å². The van der Waals surface area contributed by atoms with E-state index in [2.05, 4.69) is 18.4 Å². The summed E-state index contributed by atoms with van der Waals surface area (Å²) in [5.41, 5.74) is 0.923. The third-order valence-electron chi connectivity index (χ3n) is 3.71. The van der Waals surface area contributed by atoms with E-state index < -0.39 is 0 Å². The minimum atomic E-state index is 0.00680. The Morgan fingerprint density at radius 3 is 2.18 bits per heavy atom. The van der Waals surface area contributed by atoms with Gasteiger partial charge in [-0.3, -0.25) is 0 Å². The topological polar surface area (TPSA) is 0 Å². The average molecular weight is 351 g/mol. The molecule has 0 fully saturated rings. The third-order valence-corrected chi connectivity index (χ3v) is 7.02. The summed E-state index contributed by atoms with van der Waals surface area (Å²) < 4.78 is 15.0. The van der Waals surface area contributed by atoms with Crippen molar-refractivity contribution in [2.75, 3.05) is 0 Å². The van der Waals surface area contributed by atoms with Crippen LogP contribution in [0.2, 0.25) is 0 Å². The van der Waals surface area contributed by atoms with E-state index in [-0.39, 0.29) is 5.82 Å². The molecule has 0 aliphatic carbocycles. The Morgan fingerprint density at radius 1 is 0.909 bits per heavy atom. The average Bonchev–Trinajstić information content (AvgIpc) is 3.25. The molecule has 0 amide bonds. The van der Waals surface area contributed by atoms with Gasteiger partial charge < -0.3 is 0 Å². The Labute approximate surface area is 143 Å². The highest BCUT2D eigenvalue weighted by molar-refractivity contribution is 7.26. The smallest absolute Gasteiger partial charge is 0.146 e. The molecule has 0 radical (unpaired) electrons. The van der Waals surface area contributed by atoms with E-state index in [4.69, 9.17) is 0 Å². The molecular formula is C18H19FS3. The van der Waals surface area contributed by atoms with Gasteiger partial charge in [0.15, 0.2) is 0 Å². The summed E-state index contributed by atoms with van der Waals surface area (Å²) >= 11 is 4.93. The van der Waals surface area contributed by atoms with Crippen LogP contribution in [0.3, 0.4) is 0 Å². The summed E-state index contributed by atoms with van der Waals surface area (Å²) in [6.45, 7) is 2.21. The molecule has 0 aromatic carbocycles. The number of halogens is 1. The molecule has 0 N–H and O–H groups in total. The summed E-state index contributed by atoms with van der Waals surface area (Å²) in [6, 6.07) is 8.15. The van der Waals surface area contributed by atoms with Crippen LogP contribution in [0.15, 0.2) is 35.0 Å². The Morgan fingerprint density at radius 2 is 1.59 bits per heavy atom. The van der Waals surface area contributed by atoms with E-state index in [1.54, 1.807) is 34.0 Å². The summed E-state index contributed by atoms with van der Waals surface area (Å²) in [5.74, 6) is 0.00680. The predicted octanol–water partition coefficient (Wildman–Crippen LogP) is 7.47. The molecule has 0 atom stereocenters. The zero-order chi connectivity index (χ0) is 15.4. The van der Waals surface area contributed by atoms with Gasteiger partial charge >= 0.3 is 0 Å². The number of unbranched alkanes of at least 4 members (excludes halogenated alkanes) is 3. The van der Waals surface area contributed by atoms with Crippen molar-refractivity contribution in [2.45, 2.75) is 39.0 Å². The Balaban J connectivity index is 1.94. The lowest BCUT2D eigenvalue weighted by molar-refractivity contribution is 0.603. The van der Waals surface area contributed by atoms with E-state index in [0.29, 0.717) is 0 Å². The highest BCUT2D eigenvalue weighted by Gasteiger charge is 2.21. The summed E-state index contributed by atoms with van der Waals surface area (Å²) in [5, 5.41) is 4.08. The second-order valence-corrected chi connectivity index (χ2v) is 8.23. The Hall–Kier alpha value is -0.970. The molecule has 0 aliphatic heterocycles. The molecule has 3 heterocycles. The van der Waals surface area contributed by atoms with Crippen LogP contribution < -0.4 is 0 Å². The molecule has 4 heteroatoms. The van der Waals surface area contributed by atoms with Crippen LogP contribution >= 0.6 is 34.0 Å². The van der Waals surface area contributed by atoms with Crippen molar-refractivity contribution in [3.8, 4) is 19.5 Å². The van der Waals surface area contributed by atoms with Crippen molar-refractivity contribution >= 4 is 34.0 Å². The minimum Gasteiger partial charge on any atom is -0.205 e. The van der Waals surface area contributed by atoms with Gasteiger partial charge in [-0.1, -0.05) is 38.3 Å². The Bertz CT molecular complexity index is 693. The first kappa shape index (κ1) is 15.9. The van der Waals surface area contributed by atoms with Crippen LogP contribution in [0, 0.1) is 5.82 Å². The molecule has 3 aromatic heterocycles. The maximum atomic E-state index is 15.0. The van der Waals surface area contributed by atoms with Crippen molar-refractivity contribution in [2.24, 2.45) is 0 Å². The summed E-state index contributed by atoms with van der Waals surface area (Å²) in [4.78, 5) is 4.17. The zero-order valence-corrected chi connectivity index (χ0v) is 15.1. The van der Waals surface area contributed by atoms with Crippen LogP contribution in [0.25, 0.3) is 19.5 Å². The largest absolute Gasteiger partial charge is 0.205 e. The molecule has 116 valence electrons. The molecule has 0 unspecified atom stereocenters. The van der Waals surface area contributed by atoms with Gasteiger partial charge in [-0.15, -0.1) is 34.0 Å². The van der Waals surface area contributed by atoms with Crippen molar-refractivity contribution in [3.05, 3.63) is 46.4 Å². The lowest BCUT2D eigenvalue weighted by Crippen LogP contribution is -1.90. The predicted molar refractivity (Wildman–Crippen MR) is 98.7 cm³/mol. The highest BCUT2D eigenvalue weighted by Crippen LogP contribution is 2.44. The summed E-state index contributed by atoms with van der Waals surface area (Å²) in [6.07, 6.45) is 5.55. The molecular weight excluding hydrogens is 331 g/mol. The fourth-order valence-corrected chi connectivity index (χ4v) is 5.53. The fraction of sp³-hybridized carbons (Fsp3) is 0.333. The van der Waals surface area contributed by atoms with E-state index in [9.17, 15) is 4.39 Å². The van der Waals surface area contributed by atoms with Crippen LogP contribution in [0.4, 0.5) is 4.39 Å². The van der Waals surface area contributed by atoms with Gasteiger partial charge in [0.05, 0.1) is 9.75 Å². The second-order valence-electron chi connectivity index (χ2n) is 5.32.